The molecule has 7 nitrogen and oxygen atoms in total. The van der Waals surface area contributed by atoms with Crippen molar-refractivity contribution in [2.45, 2.75) is 19.5 Å². The number of carbonyl (C=O) groups is 1. The van der Waals surface area contributed by atoms with Gasteiger partial charge in [0.2, 0.25) is 5.91 Å². The van der Waals surface area contributed by atoms with Gasteiger partial charge in [-0.05, 0) is 24.6 Å². The molecular formula is C15H12ClF2N5O2. The molecule has 1 atom stereocenters. The van der Waals surface area contributed by atoms with Gasteiger partial charge in [-0.2, -0.15) is 0 Å². The molecule has 1 aromatic carbocycles. The van der Waals surface area contributed by atoms with Crippen molar-refractivity contribution in [1.29, 1.82) is 0 Å². The van der Waals surface area contributed by atoms with E-state index in [-0.39, 0.29) is 17.3 Å². The second-order valence-corrected chi connectivity index (χ2v) is 5.73. The minimum absolute atomic E-state index is 0.168. The maximum atomic E-state index is 13.3. The van der Waals surface area contributed by atoms with Crippen molar-refractivity contribution in [3.8, 4) is 0 Å². The number of fused-ring (bicyclic) bond motifs is 1. The minimum atomic E-state index is -1.00. The summed E-state index contributed by atoms with van der Waals surface area (Å²) in [5.74, 6) is -2.48. The Labute approximate surface area is 144 Å². The Hall–Kier alpha value is -2.81. The van der Waals surface area contributed by atoms with E-state index in [2.05, 4.69) is 15.4 Å². The predicted octanol–water partition coefficient (Wildman–Crippen LogP) is 1.70. The van der Waals surface area contributed by atoms with Crippen LogP contribution in [0.2, 0.25) is 5.15 Å². The van der Waals surface area contributed by atoms with Crippen LogP contribution in [0.5, 0.6) is 0 Å². The van der Waals surface area contributed by atoms with Gasteiger partial charge in [0.15, 0.2) is 17.3 Å². The van der Waals surface area contributed by atoms with E-state index in [1.54, 1.807) is 6.92 Å². The molecule has 3 rings (SSSR count). The van der Waals surface area contributed by atoms with Gasteiger partial charge in [-0.15, -0.1) is 5.10 Å². The fourth-order valence-corrected chi connectivity index (χ4v) is 2.43. The van der Waals surface area contributed by atoms with Crippen LogP contribution in [-0.2, 0) is 11.3 Å². The zero-order valence-electron chi connectivity index (χ0n) is 12.9. The second kappa shape index (κ2) is 6.60. The van der Waals surface area contributed by atoms with Crippen LogP contribution < -0.4 is 11.0 Å². The van der Waals surface area contributed by atoms with Crippen molar-refractivity contribution < 1.29 is 13.6 Å². The molecule has 0 saturated heterocycles. The number of benzene rings is 1. The molecule has 2 aromatic heterocycles. The van der Waals surface area contributed by atoms with Crippen molar-refractivity contribution in [2.24, 2.45) is 0 Å². The zero-order chi connectivity index (χ0) is 18.1. The number of amides is 1. The number of carbonyl (C=O) groups excluding carboxylic acids is 1. The van der Waals surface area contributed by atoms with E-state index in [0.717, 1.165) is 21.2 Å². The summed E-state index contributed by atoms with van der Waals surface area (Å²) >= 11 is 5.73. The van der Waals surface area contributed by atoms with Crippen LogP contribution in [0.15, 0.2) is 35.4 Å². The van der Waals surface area contributed by atoms with Gasteiger partial charge in [-0.1, -0.05) is 17.7 Å². The standard InChI is InChI=1S/C15H12ClF2N5O2/c1-8(9-2-3-10(17)11(18)4-9)20-14(24)6-23-15(25)22-7-19-12(16)5-13(22)21-23/h2-5,7-8H,6H2,1H3,(H,20,24)/t8-/m0/s1. The molecular weight excluding hydrogens is 356 g/mol. The fraction of sp³-hybridized carbons (Fsp3) is 0.200. The SMILES string of the molecule is C[C@H](NC(=O)Cn1nc2cc(Cl)ncn2c1=O)c1ccc(F)c(F)c1. The number of nitrogens with zero attached hydrogens (tertiary/aromatic N) is 4. The number of hydrogen-bond donors (Lipinski definition) is 1. The van der Waals surface area contributed by atoms with Crippen molar-refractivity contribution in [3.05, 3.63) is 63.4 Å². The Kier molecular flexibility index (Phi) is 4.49. The first-order valence-corrected chi connectivity index (χ1v) is 7.58. The monoisotopic (exact) mass is 367 g/mol. The Bertz CT molecular complexity index is 1020. The summed E-state index contributed by atoms with van der Waals surface area (Å²) in [6.07, 6.45) is 1.21. The summed E-state index contributed by atoms with van der Waals surface area (Å²) in [6.45, 7) is 1.27. The highest BCUT2D eigenvalue weighted by molar-refractivity contribution is 6.29. The van der Waals surface area contributed by atoms with Gasteiger partial charge in [0.1, 0.15) is 18.0 Å². The van der Waals surface area contributed by atoms with Gasteiger partial charge < -0.3 is 5.32 Å². The van der Waals surface area contributed by atoms with Gasteiger partial charge in [-0.25, -0.2) is 27.6 Å². The number of aromatic nitrogens is 4. The Morgan fingerprint density at radius 3 is 2.80 bits per heavy atom. The normalized spacial score (nSPS) is 12.3. The van der Waals surface area contributed by atoms with Gasteiger partial charge in [0, 0.05) is 6.07 Å². The van der Waals surface area contributed by atoms with Crippen molar-refractivity contribution in [1.82, 2.24) is 24.5 Å². The van der Waals surface area contributed by atoms with E-state index in [1.807, 2.05) is 0 Å². The average molecular weight is 368 g/mol. The molecule has 0 aliphatic heterocycles. The van der Waals surface area contributed by atoms with Crippen LogP contribution in [0.4, 0.5) is 8.78 Å². The van der Waals surface area contributed by atoms with Crippen LogP contribution in [-0.4, -0.2) is 25.1 Å². The molecule has 0 aliphatic rings. The number of hydrogen-bond acceptors (Lipinski definition) is 4. The molecule has 0 spiro atoms. The minimum Gasteiger partial charge on any atom is -0.348 e. The van der Waals surface area contributed by atoms with Crippen LogP contribution >= 0.6 is 11.6 Å². The molecule has 130 valence electrons. The quantitative estimate of drug-likeness (QED) is 0.712. The van der Waals surface area contributed by atoms with Crippen LogP contribution in [0.25, 0.3) is 5.65 Å². The summed E-state index contributed by atoms with van der Waals surface area (Å²) < 4.78 is 28.3. The Balaban J connectivity index is 1.75. The third-order valence-electron chi connectivity index (χ3n) is 3.56. The molecule has 2 heterocycles. The summed E-state index contributed by atoms with van der Waals surface area (Å²) in [5, 5.41) is 6.75. The summed E-state index contributed by atoms with van der Waals surface area (Å²) in [7, 11) is 0. The lowest BCUT2D eigenvalue weighted by Crippen LogP contribution is -2.34. The van der Waals surface area contributed by atoms with Crippen molar-refractivity contribution in [3.63, 3.8) is 0 Å². The highest BCUT2D eigenvalue weighted by Crippen LogP contribution is 2.15. The number of nitrogens with one attached hydrogen (secondary N) is 1. The van der Waals surface area contributed by atoms with Crippen molar-refractivity contribution >= 4 is 23.2 Å². The van der Waals surface area contributed by atoms with E-state index in [4.69, 9.17) is 11.6 Å². The van der Waals surface area contributed by atoms with Crippen LogP contribution in [0.3, 0.4) is 0 Å². The largest absolute Gasteiger partial charge is 0.352 e. The average Bonchev–Trinajstić information content (AvgIpc) is 2.85. The van der Waals surface area contributed by atoms with Gasteiger partial charge in [0.25, 0.3) is 0 Å². The lowest BCUT2D eigenvalue weighted by Gasteiger charge is -2.14. The van der Waals surface area contributed by atoms with Crippen LogP contribution in [0, 0.1) is 11.6 Å². The molecule has 0 radical (unpaired) electrons. The Morgan fingerprint density at radius 2 is 2.08 bits per heavy atom. The molecule has 1 N–H and O–H groups in total. The third kappa shape index (κ3) is 3.50. The van der Waals surface area contributed by atoms with Crippen molar-refractivity contribution in [2.75, 3.05) is 0 Å². The van der Waals surface area contributed by atoms with E-state index in [0.29, 0.717) is 5.56 Å². The molecule has 0 unspecified atom stereocenters. The summed E-state index contributed by atoms with van der Waals surface area (Å²) in [6, 6.07) is 4.17. The maximum absolute atomic E-state index is 13.3. The first-order chi connectivity index (χ1) is 11.8. The molecule has 25 heavy (non-hydrogen) atoms. The van der Waals surface area contributed by atoms with Gasteiger partial charge in [-0.3, -0.25) is 4.79 Å². The van der Waals surface area contributed by atoms with E-state index >= 15 is 0 Å². The second-order valence-electron chi connectivity index (χ2n) is 5.34. The maximum Gasteiger partial charge on any atom is 0.352 e. The van der Waals surface area contributed by atoms with Gasteiger partial charge in [0.05, 0.1) is 6.04 Å². The fourth-order valence-electron chi connectivity index (χ4n) is 2.29. The topological polar surface area (TPSA) is 81.3 Å². The smallest absolute Gasteiger partial charge is 0.348 e. The molecule has 0 aliphatic carbocycles. The highest BCUT2D eigenvalue weighted by atomic mass is 35.5. The summed E-state index contributed by atoms with van der Waals surface area (Å²) in [5.41, 5.74) is 0.104. The molecule has 0 saturated carbocycles. The molecule has 10 heteroatoms. The zero-order valence-corrected chi connectivity index (χ0v) is 13.7. The summed E-state index contributed by atoms with van der Waals surface area (Å²) in [4.78, 5) is 28.0. The predicted molar refractivity (Wildman–Crippen MR) is 85.2 cm³/mol. The highest BCUT2D eigenvalue weighted by Gasteiger charge is 2.15. The number of halogens is 3. The van der Waals surface area contributed by atoms with E-state index < -0.39 is 29.3 Å². The van der Waals surface area contributed by atoms with E-state index in [9.17, 15) is 18.4 Å². The molecule has 3 aromatic rings. The Morgan fingerprint density at radius 1 is 1.32 bits per heavy atom. The first-order valence-electron chi connectivity index (χ1n) is 7.20. The lowest BCUT2D eigenvalue weighted by atomic mass is 10.1. The van der Waals surface area contributed by atoms with E-state index in [1.165, 1.54) is 18.5 Å². The number of rotatable bonds is 4. The first kappa shape index (κ1) is 17.0. The molecule has 0 bridgehead atoms. The third-order valence-corrected chi connectivity index (χ3v) is 3.76. The van der Waals surface area contributed by atoms with Gasteiger partial charge >= 0.3 is 5.69 Å². The molecule has 1 amide bonds. The lowest BCUT2D eigenvalue weighted by molar-refractivity contribution is -0.122. The molecule has 0 fully saturated rings. The van der Waals surface area contributed by atoms with Crippen LogP contribution in [0.1, 0.15) is 18.5 Å².